The molecule has 180 valence electrons. The molecular weight excluding hydrogens is 484 g/mol. The SMILES string of the molecule is COC(=O)c1sccc1NC(=S)N1CCC(c2nccn2Cc2noc(-c3ccccc3)n2)CC1. The number of aromatic nitrogens is 4. The van der Waals surface area contributed by atoms with Crippen LogP contribution in [0.5, 0.6) is 0 Å². The number of anilines is 1. The van der Waals surface area contributed by atoms with Crippen LogP contribution in [0, 0.1) is 0 Å². The van der Waals surface area contributed by atoms with Gasteiger partial charge in [-0.05, 0) is 48.6 Å². The Bertz CT molecular complexity index is 1310. The number of benzene rings is 1. The van der Waals surface area contributed by atoms with Gasteiger partial charge in [-0.2, -0.15) is 4.98 Å². The van der Waals surface area contributed by atoms with E-state index in [2.05, 4.69) is 29.9 Å². The third-order valence-electron chi connectivity index (χ3n) is 5.97. The van der Waals surface area contributed by atoms with Crippen LogP contribution in [0.2, 0.25) is 0 Å². The lowest BCUT2D eigenvalue weighted by Crippen LogP contribution is -2.40. The molecule has 1 aliphatic heterocycles. The fourth-order valence-electron chi connectivity index (χ4n) is 4.18. The van der Waals surface area contributed by atoms with Crippen molar-refractivity contribution in [2.75, 3.05) is 25.5 Å². The number of methoxy groups -OCH3 is 1. The van der Waals surface area contributed by atoms with Crippen LogP contribution in [0.1, 0.15) is 40.1 Å². The molecule has 0 saturated carbocycles. The summed E-state index contributed by atoms with van der Waals surface area (Å²) in [6, 6.07) is 11.6. The van der Waals surface area contributed by atoms with Gasteiger partial charge >= 0.3 is 5.97 Å². The number of likely N-dealkylation sites (tertiary alicyclic amines) is 1. The Morgan fingerprint density at radius 2 is 2.06 bits per heavy atom. The molecule has 0 spiro atoms. The summed E-state index contributed by atoms with van der Waals surface area (Å²) in [5.74, 6) is 2.07. The minimum Gasteiger partial charge on any atom is -0.465 e. The van der Waals surface area contributed by atoms with E-state index in [0.29, 0.717) is 39.9 Å². The van der Waals surface area contributed by atoms with Crippen LogP contribution in [0.15, 0.2) is 58.7 Å². The zero-order chi connectivity index (χ0) is 24.2. The summed E-state index contributed by atoms with van der Waals surface area (Å²) < 4.78 is 12.4. The van der Waals surface area contributed by atoms with Gasteiger partial charge in [0, 0.05) is 37.0 Å². The number of thiophene rings is 1. The van der Waals surface area contributed by atoms with Gasteiger partial charge in [0.2, 0.25) is 0 Å². The lowest BCUT2D eigenvalue weighted by Gasteiger charge is -2.33. The number of carbonyl (C=O) groups is 1. The summed E-state index contributed by atoms with van der Waals surface area (Å²) in [6.45, 7) is 2.09. The molecule has 1 fully saturated rings. The topological polar surface area (TPSA) is 98.3 Å². The van der Waals surface area contributed by atoms with Crippen molar-refractivity contribution in [1.29, 1.82) is 0 Å². The molecule has 1 saturated heterocycles. The number of esters is 1. The zero-order valence-corrected chi connectivity index (χ0v) is 20.7. The predicted octanol–water partition coefficient (Wildman–Crippen LogP) is 4.41. The third kappa shape index (κ3) is 5.10. The molecular formula is C24H24N6O3S2. The van der Waals surface area contributed by atoms with E-state index in [0.717, 1.165) is 37.3 Å². The largest absolute Gasteiger partial charge is 0.465 e. The standard InChI is InChI=1S/C24H24N6O3S2/c1-32-23(31)20-18(9-14-35-20)26-24(34)29-11-7-16(8-12-29)21-25-10-13-30(21)15-19-27-22(33-28-19)17-5-3-2-4-6-17/h2-6,9-10,13-14,16H,7-8,11-12,15H2,1H3,(H,26,34). The highest BCUT2D eigenvalue weighted by molar-refractivity contribution is 7.80. The van der Waals surface area contributed by atoms with Crippen LogP contribution in [0.3, 0.4) is 0 Å². The molecule has 0 atom stereocenters. The van der Waals surface area contributed by atoms with Gasteiger partial charge < -0.3 is 24.0 Å². The van der Waals surface area contributed by atoms with Gasteiger partial charge in [-0.25, -0.2) is 9.78 Å². The number of thiocarbonyl (C=S) groups is 1. The van der Waals surface area contributed by atoms with Crippen molar-refractivity contribution in [3.8, 4) is 11.5 Å². The second-order valence-electron chi connectivity index (χ2n) is 8.14. The number of nitrogens with one attached hydrogen (secondary N) is 1. The van der Waals surface area contributed by atoms with Crippen molar-refractivity contribution in [3.05, 3.63) is 70.7 Å². The Morgan fingerprint density at radius 1 is 1.26 bits per heavy atom. The maximum Gasteiger partial charge on any atom is 0.350 e. The number of carbonyl (C=O) groups excluding carboxylic acids is 1. The Kier molecular flexibility index (Phi) is 6.87. The summed E-state index contributed by atoms with van der Waals surface area (Å²) in [6.07, 6.45) is 5.59. The van der Waals surface area contributed by atoms with Crippen molar-refractivity contribution in [2.24, 2.45) is 0 Å². The molecule has 1 N–H and O–H groups in total. The van der Waals surface area contributed by atoms with E-state index in [-0.39, 0.29) is 5.97 Å². The van der Waals surface area contributed by atoms with Crippen LogP contribution in [0.4, 0.5) is 5.69 Å². The van der Waals surface area contributed by atoms with Gasteiger partial charge in [-0.1, -0.05) is 23.4 Å². The first-order valence-corrected chi connectivity index (χ1v) is 12.5. The maximum absolute atomic E-state index is 11.9. The molecule has 0 unspecified atom stereocenters. The molecule has 1 aromatic carbocycles. The van der Waals surface area contributed by atoms with Gasteiger partial charge in [0.25, 0.3) is 5.89 Å². The van der Waals surface area contributed by atoms with E-state index < -0.39 is 0 Å². The number of rotatable bonds is 6. The molecule has 0 amide bonds. The number of hydrogen-bond donors (Lipinski definition) is 1. The summed E-state index contributed by atoms with van der Waals surface area (Å²) in [5, 5.41) is 9.80. The third-order valence-corrected chi connectivity index (χ3v) is 7.23. The highest BCUT2D eigenvalue weighted by atomic mass is 32.1. The van der Waals surface area contributed by atoms with Crippen LogP contribution >= 0.6 is 23.6 Å². The molecule has 4 heterocycles. The number of ether oxygens (including phenoxy) is 1. The van der Waals surface area contributed by atoms with Gasteiger partial charge in [-0.3, -0.25) is 0 Å². The van der Waals surface area contributed by atoms with Gasteiger partial charge in [0.05, 0.1) is 19.3 Å². The number of piperidine rings is 1. The Balaban J connectivity index is 1.19. The summed E-state index contributed by atoms with van der Waals surface area (Å²) >= 11 is 6.95. The maximum atomic E-state index is 11.9. The summed E-state index contributed by atoms with van der Waals surface area (Å²) in [7, 11) is 1.37. The highest BCUT2D eigenvalue weighted by Crippen LogP contribution is 2.29. The molecule has 9 nitrogen and oxygen atoms in total. The predicted molar refractivity (Wildman–Crippen MR) is 136 cm³/mol. The van der Waals surface area contributed by atoms with Crippen LogP contribution in [-0.2, 0) is 11.3 Å². The number of hydrogen-bond acceptors (Lipinski definition) is 8. The van der Waals surface area contributed by atoms with Crippen molar-refractivity contribution in [1.82, 2.24) is 24.6 Å². The van der Waals surface area contributed by atoms with Gasteiger partial charge in [-0.15, -0.1) is 11.3 Å². The second kappa shape index (κ2) is 10.4. The summed E-state index contributed by atoms with van der Waals surface area (Å²) in [4.78, 5) is 23.8. The number of nitrogens with zero attached hydrogens (tertiary/aromatic N) is 5. The average Bonchev–Trinajstić information content (AvgIpc) is 3.66. The lowest BCUT2D eigenvalue weighted by atomic mass is 9.96. The lowest BCUT2D eigenvalue weighted by molar-refractivity contribution is 0.0607. The average molecular weight is 509 g/mol. The van der Waals surface area contributed by atoms with Crippen molar-refractivity contribution < 1.29 is 14.1 Å². The van der Waals surface area contributed by atoms with E-state index in [1.54, 1.807) is 0 Å². The molecule has 35 heavy (non-hydrogen) atoms. The van der Waals surface area contributed by atoms with Crippen molar-refractivity contribution in [2.45, 2.75) is 25.3 Å². The van der Waals surface area contributed by atoms with Gasteiger partial charge in [0.15, 0.2) is 10.9 Å². The highest BCUT2D eigenvalue weighted by Gasteiger charge is 2.26. The first-order chi connectivity index (χ1) is 17.1. The minimum absolute atomic E-state index is 0.302. The fraction of sp³-hybridized carbons (Fsp3) is 0.292. The second-order valence-corrected chi connectivity index (χ2v) is 9.44. The van der Waals surface area contributed by atoms with E-state index >= 15 is 0 Å². The quantitative estimate of drug-likeness (QED) is 0.300. The molecule has 0 bridgehead atoms. The zero-order valence-electron chi connectivity index (χ0n) is 19.1. The Morgan fingerprint density at radius 3 is 2.83 bits per heavy atom. The molecule has 4 aromatic rings. The molecule has 0 radical (unpaired) electrons. The van der Waals surface area contributed by atoms with E-state index in [1.807, 2.05) is 54.2 Å². The van der Waals surface area contributed by atoms with Crippen LogP contribution < -0.4 is 5.32 Å². The molecule has 11 heteroatoms. The Hall–Kier alpha value is -3.57. The summed E-state index contributed by atoms with van der Waals surface area (Å²) in [5.41, 5.74) is 1.58. The van der Waals surface area contributed by atoms with Gasteiger partial charge in [0.1, 0.15) is 10.7 Å². The first-order valence-electron chi connectivity index (χ1n) is 11.2. The molecule has 1 aliphatic rings. The first kappa shape index (κ1) is 23.2. The monoisotopic (exact) mass is 508 g/mol. The fourth-order valence-corrected chi connectivity index (χ4v) is 5.23. The molecule has 0 aliphatic carbocycles. The van der Waals surface area contributed by atoms with Crippen LogP contribution in [-0.4, -0.2) is 55.9 Å². The minimum atomic E-state index is -0.367. The normalized spacial score (nSPS) is 14.1. The molecule has 3 aromatic heterocycles. The van der Waals surface area contributed by atoms with Crippen molar-refractivity contribution in [3.63, 3.8) is 0 Å². The van der Waals surface area contributed by atoms with E-state index in [1.165, 1.54) is 18.4 Å². The number of imidazole rings is 1. The van der Waals surface area contributed by atoms with Crippen LogP contribution in [0.25, 0.3) is 11.5 Å². The molecule has 5 rings (SSSR count). The Labute approximate surface area is 211 Å². The van der Waals surface area contributed by atoms with Crippen molar-refractivity contribution >= 4 is 40.3 Å². The van der Waals surface area contributed by atoms with E-state index in [4.69, 9.17) is 21.5 Å². The van der Waals surface area contributed by atoms with E-state index in [9.17, 15) is 4.79 Å². The smallest absolute Gasteiger partial charge is 0.350 e.